The van der Waals surface area contributed by atoms with Crippen LogP contribution < -0.4 is 14.4 Å². The summed E-state index contributed by atoms with van der Waals surface area (Å²) in [5.74, 6) is 0.148. The molecule has 3 aromatic carbocycles. The molecule has 208 valence electrons. The van der Waals surface area contributed by atoms with Gasteiger partial charge >= 0.3 is 0 Å². The van der Waals surface area contributed by atoms with E-state index in [1.807, 2.05) is 32.9 Å². The van der Waals surface area contributed by atoms with E-state index in [4.69, 9.17) is 4.74 Å². The number of rotatable bonds is 13. The molecule has 39 heavy (non-hydrogen) atoms. The number of benzene rings is 3. The zero-order valence-electron chi connectivity index (χ0n) is 22.9. The molecule has 3 aromatic rings. The molecule has 0 aliphatic rings. The summed E-state index contributed by atoms with van der Waals surface area (Å²) in [7, 11) is -2.50. The van der Waals surface area contributed by atoms with Crippen LogP contribution in [0.2, 0.25) is 0 Å². The van der Waals surface area contributed by atoms with Gasteiger partial charge in [0, 0.05) is 13.1 Å². The molecule has 0 bridgehead atoms. The third-order valence-corrected chi connectivity index (χ3v) is 8.02. The molecular weight excluding hydrogens is 514 g/mol. The molecule has 0 spiro atoms. The molecule has 2 amide bonds. The van der Waals surface area contributed by atoms with Gasteiger partial charge < -0.3 is 15.0 Å². The largest absolute Gasteiger partial charge is 0.497 e. The van der Waals surface area contributed by atoms with E-state index in [1.54, 1.807) is 67.8 Å². The predicted octanol–water partition coefficient (Wildman–Crippen LogP) is 4.47. The molecule has 0 radical (unpaired) electrons. The van der Waals surface area contributed by atoms with Crippen LogP contribution in [0.4, 0.5) is 5.69 Å². The van der Waals surface area contributed by atoms with Crippen molar-refractivity contribution < 1.29 is 22.7 Å². The number of carbonyl (C=O) groups is 2. The van der Waals surface area contributed by atoms with Crippen molar-refractivity contribution in [3.63, 3.8) is 0 Å². The van der Waals surface area contributed by atoms with Crippen LogP contribution in [0.5, 0.6) is 5.75 Å². The maximum absolute atomic E-state index is 14.0. The Morgan fingerprint density at radius 1 is 0.897 bits per heavy atom. The normalized spacial score (nSPS) is 12.0. The third kappa shape index (κ3) is 7.83. The number of nitrogens with one attached hydrogen (secondary N) is 1. The quantitative estimate of drug-likeness (QED) is 0.338. The van der Waals surface area contributed by atoms with Crippen molar-refractivity contribution in [3.05, 3.63) is 90.5 Å². The Morgan fingerprint density at radius 3 is 2.03 bits per heavy atom. The van der Waals surface area contributed by atoms with Crippen LogP contribution in [-0.2, 0) is 26.2 Å². The number of methoxy groups -OCH3 is 1. The van der Waals surface area contributed by atoms with Gasteiger partial charge in [0.1, 0.15) is 18.3 Å². The zero-order valence-corrected chi connectivity index (χ0v) is 23.7. The summed E-state index contributed by atoms with van der Waals surface area (Å²) in [6.45, 7) is 5.96. The number of carbonyl (C=O) groups excluding carboxylic acids is 2. The highest BCUT2D eigenvalue weighted by Gasteiger charge is 2.33. The van der Waals surface area contributed by atoms with E-state index in [-0.39, 0.29) is 23.3 Å². The van der Waals surface area contributed by atoms with Gasteiger partial charge in [-0.05, 0) is 54.3 Å². The first-order valence-electron chi connectivity index (χ1n) is 13.0. The van der Waals surface area contributed by atoms with Gasteiger partial charge in [-0.1, -0.05) is 69.3 Å². The Morgan fingerprint density at radius 2 is 1.49 bits per heavy atom. The second-order valence-corrected chi connectivity index (χ2v) is 11.5. The van der Waals surface area contributed by atoms with Gasteiger partial charge in [-0.3, -0.25) is 13.9 Å². The average molecular weight is 552 g/mol. The lowest BCUT2D eigenvalue weighted by Crippen LogP contribution is -2.52. The summed E-state index contributed by atoms with van der Waals surface area (Å²) in [5, 5.41) is 2.93. The molecule has 0 saturated carbocycles. The molecule has 0 aromatic heterocycles. The monoisotopic (exact) mass is 551 g/mol. The lowest BCUT2D eigenvalue weighted by molar-refractivity contribution is -0.140. The highest BCUT2D eigenvalue weighted by atomic mass is 32.2. The van der Waals surface area contributed by atoms with Gasteiger partial charge in [0.15, 0.2) is 0 Å². The zero-order chi connectivity index (χ0) is 28.4. The van der Waals surface area contributed by atoms with Gasteiger partial charge in [0.05, 0.1) is 17.7 Å². The van der Waals surface area contributed by atoms with E-state index < -0.39 is 28.5 Å². The van der Waals surface area contributed by atoms with Crippen molar-refractivity contribution in [1.29, 1.82) is 0 Å². The lowest BCUT2D eigenvalue weighted by Gasteiger charge is -2.33. The number of nitrogens with zero attached hydrogens (tertiary/aromatic N) is 2. The number of para-hydroxylation sites is 1. The van der Waals surface area contributed by atoms with Crippen molar-refractivity contribution in [1.82, 2.24) is 10.2 Å². The summed E-state index contributed by atoms with van der Waals surface area (Å²) >= 11 is 0. The Bertz CT molecular complexity index is 1310. The van der Waals surface area contributed by atoms with Gasteiger partial charge in [-0.25, -0.2) is 8.42 Å². The van der Waals surface area contributed by atoms with Crippen LogP contribution in [0, 0.1) is 5.92 Å². The fraction of sp³-hybridized carbons (Fsp3) is 0.333. The maximum Gasteiger partial charge on any atom is 0.264 e. The Hall–Kier alpha value is -3.85. The summed E-state index contributed by atoms with van der Waals surface area (Å²) in [4.78, 5) is 28.8. The molecule has 1 atom stereocenters. The minimum Gasteiger partial charge on any atom is -0.497 e. The summed E-state index contributed by atoms with van der Waals surface area (Å²) in [6, 6.07) is 23.0. The van der Waals surface area contributed by atoms with Crippen molar-refractivity contribution in [2.24, 2.45) is 5.92 Å². The van der Waals surface area contributed by atoms with Crippen molar-refractivity contribution in [2.75, 3.05) is 24.5 Å². The molecule has 0 fully saturated rings. The van der Waals surface area contributed by atoms with Crippen LogP contribution in [0.15, 0.2) is 89.8 Å². The first-order valence-corrected chi connectivity index (χ1v) is 14.4. The number of anilines is 1. The lowest BCUT2D eigenvalue weighted by atomic mass is 10.1. The van der Waals surface area contributed by atoms with E-state index in [0.29, 0.717) is 24.4 Å². The highest BCUT2D eigenvalue weighted by molar-refractivity contribution is 7.92. The Labute approximate surface area is 231 Å². The molecule has 0 unspecified atom stereocenters. The third-order valence-electron chi connectivity index (χ3n) is 6.24. The SMILES string of the molecule is CC[C@@H](C(=O)NCC(C)C)N(Cc1ccc(OC)cc1)C(=O)CN(c1ccccc1)S(=O)(=O)c1ccccc1. The summed E-state index contributed by atoms with van der Waals surface area (Å²) in [5.41, 5.74) is 1.15. The standard InChI is InChI=1S/C30H37N3O5S/c1-5-28(30(35)31-20-23(2)3)32(21-24-16-18-26(38-4)19-17-24)29(34)22-33(25-12-8-6-9-13-25)39(36,37)27-14-10-7-11-15-27/h6-19,23,28H,5,20-22H2,1-4H3,(H,31,35)/t28-/m0/s1. The summed E-state index contributed by atoms with van der Waals surface area (Å²) in [6.07, 6.45) is 0.364. The average Bonchev–Trinajstić information content (AvgIpc) is 2.95. The van der Waals surface area contributed by atoms with Crippen molar-refractivity contribution >= 4 is 27.5 Å². The molecule has 9 heteroatoms. The number of amides is 2. The van der Waals surface area contributed by atoms with Crippen LogP contribution in [0.25, 0.3) is 0 Å². The van der Waals surface area contributed by atoms with Crippen LogP contribution in [0.3, 0.4) is 0 Å². The number of ether oxygens (including phenoxy) is 1. The molecule has 0 heterocycles. The molecule has 8 nitrogen and oxygen atoms in total. The van der Waals surface area contributed by atoms with E-state index in [1.165, 1.54) is 17.0 Å². The minimum atomic E-state index is -4.07. The minimum absolute atomic E-state index is 0.0741. The number of hydrogen-bond donors (Lipinski definition) is 1. The molecule has 0 aliphatic heterocycles. The fourth-order valence-corrected chi connectivity index (χ4v) is 5.55. The molecule has 0 aliphatic carbocycles. The van der Waals surface area contributed by atoms with Gasteiger partial charge in [0.2, 0.25) is 11.8 Å². The van der Waals surface area contributed by atoms with Crippen molar-refractivity contribution in [3.8, 4) is 5.75 Å². The smallest absolute Gasteiger partial charge is 0.264 e. The van der Waals surface area contributed by atoms with E-state index >= 15 is 0 Å². The summed E-state index contributed by atoms with van der Waals surface area (Å²) < 4.78 is 33.8. The van der Waals surface area contributed by atoms with E-state index in [9.17, 15) is 18.0 Å². The van der Waals surface area contributed by atoms with Gasteiger partial charge in [0.25, 0.3) is 10.0 Å². The van der Waals surface area contributed by atoms with Gasteiger partial charge in [-0.2, -0.15) is 0 Å². The second-order valence-electron chi connectivity index (χ2n) is 9.59. The van der Waals surface area contributed by atoms with Crippen LogP contribution >= 0.6 is 0 Å². The predicted molar refractivity (Wildman–Crippen MR) is 153 cm³/mol. The van der Waals surface area contributed by atoms with Gasteiger partial charge in [-0.15, -0.1) is 0 Å². The van der Waals surface area contributed by atoms with E-state index in [0.717, 1.165) is 9.87 Å². The van der Waals surface area contributed by atoms with Crippen LogP contribution in [0.1, 0.15) is 32.8 Å². The second kappa shape index (κ2) is 13.8. The first-order chi connectivity index (χ1) is 18.7. The topological polar surface area (TPSA) is 96.0 Å². The molecule has 0 saturated heterocycles. The van der Waals surface area contributed by atoms with Crippen molar-refractivity contribution in [2.45, 2.75) is 44.7 Å². The fourth-order valence-electron chi connectivity index (χ4n) is 4.11. The van der Waals surface area contributed by atoms with Crippen LogP contribution in [-0.4, -0.2) is 51.4 Å². The maximum atomic E-state index is 14.0. The highest BCUT2D eigenvalue weighted by Crippen LogP contribution is 2.25. The Kier molecular flexibility index (Phi) is 10.5. The Balaban J connectivity index is 2.00. The number of hydrogen-bond acceptors (Lipinski definition) is 5. The molecule has 3 rings (SSSR count). The number of sulfonamides is 1. The van der Waals surface area contributed by atoms with E-state index in [2.05, 4.69) is 5.32 Å². The molecule has 1 N–H and O–H groups in total. The first kappa shape index (κ1) is 29.7. The molecular formula is C30H37N3O5S.